The Morgan fingerprint density at radius 1 is 1.06 bits per heavy atom. The van der Waals surface area contributed by atoms with Crippen molar-refractivity contribution in [3.05, 3.63) is 76.8 Å². The molecule has 6 nitrogen and oxygen atoms in total. The van der Waals surface area contributed by atoms with Gasteiger partial charge >= 0.3 is 0 Å². The number of carbonyl (C=O) groups is 1. The van der Waals surface area contributed by atoms with Gasteiger partial charge in [-0.25, -0.2) is 0 Å². The quantitative estimate of drug-likeness (QED) is 0.415. The molecule has 0 fully saturated rings. The van der Waals surface area contributed by atoms with Crippen molar-refractivity contribution in [3.63, 3.8) is 0 Å². The predicted octanol–water partition coefficient (Wildman–Crippen LogP) is 5.81. The molecule has 0 spiro atoms. The fraction of sp³-hybridized carbons (Fsp3) is 0.208. The number of aryl methyl sites for hydroxylation is 1. The number of hydrogen-bond acceptors (Lipinski definition) is 4. The summed E-state index contributed by atoms with van der Waals surface area (Å²) in [5.74, 6) is 0.560. The van der Waals surface area contributed by atoms with Crippen LogP contribution in [0.15, 0.2) is 60.7 Å². The highest BCUT2D eigenvalue weighted by Gasteiger charge is 2.12. The molecule has 1 N–H and O–H groups in total. The Morgan fingerprint density at radius 2 is 1.71 bits per heavy atom. The number of nitrogens with zero attached hydrogens (tertiary/aromatic N) is 3. The lowest BCUT2D eigenvalue weighted by molar-refractivity contribution is 0.102. The first-order valence-electron chi connectivity index (χ1n) is 10.1. The number of hydrogen-bond donors (Lipinski definition) is 1. The first-order chi connectivity index (χ1) is 14.9. The fourth-order valence-corrected chi connectivity index (χ4v) is 3.21. The van der Waals surface area contributed by atoms with Gasteiger partial charge < -0.3 is 10.1 Å². The van der Waals surface area contributed by atoms with E-state index in [0.29, 0.717) is 21.8 Å². The Hall–Kier alpha value is -3.38. The monoisotopic (exact) mass is 434 g/mol. The van der Waals surface area contributed by atoms with Crippen molar-refractivity contribution in [2.24, 2.45) is 0 Å². The summed E-state index contributed by atoms with van der Waals surface area (Å²) in [6.07, 6.45) is 1.06. The van der Waals surface area contributed by atoms with E-state index in [2.05, 4.69) is 22.4 Å². The summed E-state index contributed by atoms with van der Waals surface area (Å²) in [5.41, 5.74) is 4.40. The van der Waals surface area contributed by atoms with Crippen LogP contribution in [0.3, 0.4) is 0 Å². The topological polar surface area (TPSA) is 69.0 Å². The minimum absolute atomic E-state index is 0.135. The maximum atomic E-state index is 12.7. The molecule has 0 saturated heterocycles. The molecule has 0 saturated carbocycles. The number of rotatable bonds is 6. The summed E-state index contributed by atoms with van der Waals surface area (Å²) in [5, 5.41) is 12.7. The molecule has 0 aliphatic rings. The molecule has 0 radical (unpaired) electrons. The molecule has 0 bridgehead atoms. The molecule has 1 unspecified atom stereocenters. The van der Waals surface area contributed by atoms with Gasteiger partial charge in [0, 0.05) is 16.3 Å². The van der Waals surface area contributed by atoms with Crippen LogP contribution in [0.5, 0.6) is 5.75 Å². The molecule has 4 aromatic rings. The predicted molar refractivity (Wildman–Crippen MR) is 123 cm³/mol. The zero-order valence-electron chi connectivity index (χ0n) is 17.6. The summed E-state index contributed by atoms with van der Waals surface area (Å²) in [4.78, 5) is 14.3. The highest BCUT2D eigenvalue weighted by Crippen LogP contribution is 2.24. The lowest BCUT2D eigenvalue weighted by Crippen LogP contribution is -2.13. The van der Waals surface area contributed by atoms with Crippen LogP contribution in [0.2, 0.25) is 5.02 Å². The fourth-order valence-electron chi connectivity index (χ4n) is 3.09. The van der Waals surface area contributed by atoms with Crippen LogP contribution in [-0.4, -0.2) is 27.0 Å². The first-order valence-corrected chi connectivity index (χ1v) is 10.5. The van der Waals surface area contributed by atoms with Gasteiger partial charge in [0.2, 0.25) is 0 Å². The van der Waals surface area contributed by atoms with E-state index in [4.69, 9.17) is 16.3 Å². The number of ether oxygens (including phenoxy) is 1. The minimum atomic E-state index is -0.192. The smallest absolute Gasteiger partial charge is 0.255 e. The van der Waals surface area contributed by atoms with Gasteiger partial charge in [-0.05, 0) is 86.5 Å². The van der Waals surface area contributed by atoms with Crippen LogP contribution in [0.25, 0.3) is 16.7 Å². The summed E-state index contributed by atoms with van der Waals surface area (Å²) in [6, 6.07) is 18.2. The molecule has 31 heavy (non-hydrogen) atoms. The second-order valence-corrected chi connectivity index (χ2v) is 7.87. The Morgan fingerprint density at radius 3 is 2.35 bits per heavy atom. The number of amides is 1. The molecule has 0 aliphatic carbocycles. The average molecular weight is 435 g/mol. The molecule has 0 aliphatic heterocycles. The van der Waals surface area contributed by atoms with Crippen LogP contribution in [0.1, 0.15) is 36.2 Å². The summed E-state index contributed by atoms with van der Waals surface area (Å²) in [7, 11) is 0. The van der Waals surface area contributed by atoms with Crippen LogP contribution < -0.4 is 10.1 Å². The molecule has 7 heteroatoms. The summed E-state index contributed by atoms with van der Waals surface area (Å²) < 4.78 is 5.77. The highest BCUT2D eigenvalue weighted by molar-refractivity contribution is 6.30. The summed E-state index contributed by atoms with van der Waals surface area (Å²) in [6.45, 7) is 6.02. The maximum absolute atomic E-state index is 12.7. The molecule has 4 rings (SSSR count). The van der Waals surface area contributed by atoms with Gasteiger partial charge in [0.05, 0.1) is 11.8 Å². The third-order valence-electron chi connectivity index (χ3n) is 5.06. The molecule has 1 heterocycles. The van der Waals surface area contributed by atoms with Gasteiger partial charge in [-0.3, -0.25) is 4.79 Å². The number of fused-ring (bicyclic) bond motifs is 1. The van der Waals surface area contributed by atoms with Crippen molar-refractivity contribution in [2.45, 2.75) is 33.3 Å². The Bertz CT molecular complexity index is 1220. The zero-order chi connectivity index (χ0) is 22.0. The Balaban J connectivity index is 1.54. The van der Waals surface area contributed by atoms with Crippen molar-refractivity contribution < 1.29 is 9.53 Å². The SMILES string of the molecule is CCC(C)Oc1ccc(C(=O)Nc2cc3nn(-c4ccc(Cl)cc4)nc3cc2C)cc1. The standard InChI is InChI=1S/C24H23ClN4O2/c1-4-16(3)31-20-11-5-17(6-12-20)24(30)26-21-14-23-22(13-15(21)2)27-29(28-23)19-9-7-18(25)8-10-19/h5-14,16H,4H2,1-3H3,(H,26,30). The Kier molecular flexibility index (Phi) is 5.91. The van der Waals surface area contributed by atoms with Crippen LogP contribution in [-0.2, 0) is 0 Å². The van der Waals surface area contributed by atoms with E-state index < -0.39 is 0 Å². The van der Waals surface area contributed by atoms with E-state index in [1.165, 1.54) is 0 Å². The number of carbonyl (C=O) groups excluding carboxylic acids is 1. The van der Waals surface area contributed by atoms with Crippen molar-refractivity contribution >= 4 is 34.2 Å². The summed E-state index contributed by atoms with van der Waals surface area (Å²) >= 11 is 5.96. The molecule has 1 aromatic heterocycles. The van der Waals surface area contributed by atoms with Crippen molar-refractivity contribution in [3.8, 4) is 11.4 Å². The molecule has 1 atom stereocenters. The highest BCUT2D eigenvalue weighted by atomic mass is 35.5. The second-order valence-electron chi connectivity index (χ2n) is 7.44. The van der Waals surface area contributed by atoms with Gasteiger partial charge in [0.25, 0.3) is 5.91 Å². The van der Waals surface area contributed by atoms with Crippen LogP contribution in [0.4, 0.5) is 5.69 Å². The van der Waals surface area contributed by atoms with E-state index in [1.54, 1.807) is 29.1 Å². The number of anilines is 1. The lowest BCUT2D eigenvalue weighted by Gasteiger charge is -2.13. The Labute approximate surface area is 185 Å². The van der Waals surface area contributed by atoms with Crippen molar-refractivity contribution in [2.75, 3.05) is 5.32 Å². The molecular formula is C24H23ClN4O2. The molecule has 3 aromatic carbocycles. The zero-order valence-corrected chi connectivity index (χ0v) is 18.3. The molecular weight excluding hydrogens is 412 g/mol. The number of aromatic nitrogens is 3. The number of halogens is 1. The van der Waals surface area contributed by atoms with Gasteiger partial charge in [-0.1, -0.05) is 18.5 Å². The first kappa shape index (κ1) is 20.9. The van der Waals surface area contributed by atoms with E-state index in [9.17, 15) is 4.79 Å². The van der Waals surface area contributed by atoms with E-state index in [-0.39, 0.29) is 12.0 Å². The van der Waals surface area contributed by atoms with Crippen molar-refractivity contribution in [1.82, 2.24) is 15.0 Å². The maximum Gasteiger partial charge on any atom is 0.255 e. The average Bonchev–Trinajstić information content (AvgIpc) is 3.17. The van der Waals surface area contributed by atoms with E-state index in [0.717, 1.165) is 28.9 Å². The van der Waals surface area contributed by atoms with Gasteiger partial charge in [0.1, 0.15) is 16.8 Å². The minimum Gasteiger partial charge on any atom is -0.491 e. The third-order valence-corrected chi connectivity index (χ3v) is 5.31. The lowest BCUT2D eigenvalue weighted by atomic mass is 10.1. The second kappa shape index (κ2) is 8.78. The van der Waals surface area contributed by atoms with Gasteiger partial charge in [-0.2, -0.15) is 4.80 Å². The number of nitrogens with one attached hydrogen (secondary N) is 1. The third kappa shape index (κ3) is 4.70. The van der Waals surface area contributed by atoms with Crippen molar-refractivity contribution in [1.29, 1.82) is 0 Å². The van der Waals surface area contributed by atoms with Crippen LogP contribution in [0, 0.1) is 6.92 Å². The molecule has 158 valence electrons. The van der Waals surface area contributed by atoms with E-state index in [1.807, 2.05) is 50.2 Å². The van der Waals surface area contributed by atoms with Crippen LogP contribution >= 0.6 is 11.6 Å². The van der Waals surface area contributed by atoms with E-state index >= 15 is 0 Å². The molecule has 1 amide bonds. The van der Waals surface area contributed by atoms with Gasteiger partial charge in [0.15, 0.2) is 0 Å². The van der Waals surface area contributed by atoms with Gasteiger partial charge in [-0.15, -0.1) is 10.2 Å². The number of benzene rings is 3. The largest absolute Gasteiger partial charge is 0.491 e. The normalized spacial score (nSPS) is 12.0.